The van der Waals surface area contributed by atoms with E-state index in [0.29, 0.717) is 25.2 Å². The average Bonchev–Trinajstić information content (AvgIpc) is 2.44. The summed E-state index contributed by atoms with van der Waals surface area (Å²) < 4.78 is 10.2. The Morgan fingerprint density at radius 3 is 2.55 bits per heavy atom. The van der Waals surface area contributed by atoms with Crippen molar-refractivity contribution in [2.75, 3.05) is 26.9 Å². The fourth-order valence-electron chi connectivity index (χ4n) is 1.65. The smallest absolute Gasteiger partial charge is 0.251 e. The van der Waals surface area contributed by atoms with Gasteiger partial charge in [-0.15, -0.1) is 0 Å². The monoisotopic (exact) mass is 281 g/mol. The molecule has 5 heteroatoms. The van der Waals surface area contributed by atoms with Crippen LogP contribution in [-0.2, 0) is 4.74 Å². The molecule has 0 radical (unpaired) electrons. The van der Waals surface area contributed by atoms with Crippen LogP contribution < -0.4 is 10.1 Å². The standard InChI is InChI=1S/C15H23NO4/c1-4-20-13-7-5-12(6-8-13)14(17)16-11-15(2,18)9-10-19-3/h5-8,18H,4,9-11H2,1-3H3,(H,16,17). The Labute approximate surface area is 119 Å². The molecule has 1 atom stereocenters. The van der Waals surface area contributed by atoms with Gasteiger partial charge in [0.1, 0.15) is 5.75 Å². The lowest BCUT2D eigenvalue weighted by molar-refractivity contribution is 0.0243. The summed E-state index contributed by atoms with van der Waals surface area (Å²) in [7, 11) is 1.58. The molecule has 1 rings (SSSR count). The molecule has 1 aromatic rings. The maximum Gasteiger partial charge on any atom is 0.251 e. The number of nitrogens with one attached hydrogen (secondary N) is 1. The molecule has 0 spiro atoms. The maximum absolute atomic E-state index is 11.9. The van der Waals surface area contributed by atoms with E-state index in [1.807, 2.05) is 6.92 Å². The summed E-state index contributed by atoms with van der Waals surface area (Å²) in [5, 5.41) is 12.8. The lowest BCUT2D eigenvalue weighted by Gasteiger charge is -2.23. The summed E-state index contributed by atoms with van der Waals surface area (Å²) >= 11 is 0. The van der Waals surface area contributed by atoms with Crippen molar-refractivity contribution in [3.05, 3.63) is 29.8 Å². The van der Waals surface area contributed by atoms with E-state index in [1.165, 1.54) is 0 Å². The zero-order chi connectivity index (χ0) is 15.0. The molecule has 0 saturated carbocycles. The number of amides is 1. The molecular weight excluding hydrogens is 258 g/mol. The highest BCUT2D eigenvalue weighted by Crippen LogP contribution is 2.13. The number of ether oxygens (including phenoxy) is 2. The number of benzene rings is 1. The van der Waals surface area contributed by atoms with Gasteiger partial charge in [-0.25, -0.2) is 0 Å². The van der Waals surface area contributed by atoms with Crippen molar-refractivity contribution in [2.24, 2.45) is 0 Å². The van der Waals surface area contributed by atoms with Gasteiger partial charge in [-0.1, -0.05) is 0 Å². The van der Waals surface area contributed by atoms with Crippen molar-refractivity contribution in [3.8, 4) is 5.75 Å². The van der Waals surface area contributed by atoms with E-state index < -0.39 is 5.60 Å². The second-order valence-electron chi connectivity index (χ2n) is 4.88. The van der Waals surface area contributed by atoms with Crippen molar-refractivity contribution in [1.29, 1.82) is 0 Å². The average molecular weight is 281 g/mol. The third-order valence-electron chi connectivity index (χ3n) is 2.90. The third kappa shape index (κ3) is 5.59. The number of carbonyl (C=O) groups excluding carboxylic acids is 1. The van der Waals surface area contributed by atoms with Crippen molar-refractivity contribution in [1.82, 2.24) is 5.32 Å². The summed E-state index contributed by atoms with van der Waals surface area (Å²) in [5.74, 6) is 0.516. The van der Waals surface area contributed by atoms with E-state index in [1.54, 1.807) is 38.3 Å². The first-order valence-corrected chi connectivity index (χ1v) is 6.71. The van der Waals surface area contributed by atoms with Gasteiger partial charge in [-0.2, -0.15) is 0 Å². The quantitative estimate of drug-likeness (QED) is 0.759. The number of aliphatic hydroxyl groups is 1. The van der Waals surface area contributed by atoms with Crippen LogP contribution in [0.25, 0.3) is 0 Å². The maximum atomic E-state index is 11.9. The Morgan fingerprint density at radius 1 is 1.35 bits per heavy atom. The molecular formula is C15H23NO4. The summed E-state index contributed by atoms with van der Waals surface area (Å²) in [5.41, 5.74) is -0.437. The summed E-state index contributed by atoms with van der Waals surface area (Å²) in [6.07, 6.45) is 0.465. The number of carbonyl (C=O) groups is 1. The van der Waals surface area contributed by atoms with E-state index in [9.17, 15) is 9.90 Å². The predicted molar refractivity (Wildman–Crippen MR) is 77.1 cm³/mol. The van der Waals surface area contributed by atoms with Crippen LogP contribution >= 0.6 is 0 Å². The van der Waals surface area contributed by atoms with Crippen molar-refractivity contribution < 1.29 is 19.4 Å². The molecule has 20 heavy (non-hydrogen) atoms. The van der Waals surface area contributed by atoms with Crippen molar-refractivity contribution in [2.45, 2.75) is 25.9 Å². The van der Waals surface area contributed by atoms with Crippen LogP contribution in [0.1, 0.15) is 30.6 Å². The van der Waals surface area contributed by atoms with E-state index in [2.05, 4.69) is 5.32 Å². The van der Waals surface area contributed by atoms with Crippen LogP contribution in [0.3, 0.4) is 0 Å². The van der Waals surface area contributed by atoms with Gasteiger partial charge in [-0.3, -0.25) is 4.79 Å². The molecule has 1 aromatic carbocycles. The summed E-state index contributed by atoms with van der Waals surface area (Å²) in [4.78, 5) is 11.9. The summed E-state index contributed by atoms with van der Waals surface area (Å²) in [6.45, 7) is 4.80. The largest absolute Gasteiger partial charge is 0.494 e. The van der Waals surface area contributed by atoms with Gasteiger partial charge in [0.25, 0.3) is 5.91 Å². The topological polar surface area (TPSA) is 67.8 Å². The molecule has 0 aromatic heterocycles. The van der Waals surface area contributed by atoms with E-state index in [0.717, 1.165) is 5.75 Å². The van der Waals surface area contributed by atoms with E-state index in [4.69, 9.17) is 9.47 Å². The minimum absolute atomic E-state index is 0.183. The Hall–Kier alpha value is -1.59. The molecule has 112 valence electrons. The first-order chi connectivity index (χ1) is 9.48. The fraction of sp³-hybridized carbons (Fsp3) is 0.533. The number of rotatable bonds is 8. The minimum atomic E-state index is -0.975. The Balaban J connectivity index is 2.49. The van der Waals surface area contributed by atoms with Gasteiger partial charge in [0.05, 0.1) is 12.2 Å². The predicted octanol–water partition coefficient (Wildman–Crippen LogP) is 1.60. The Bertz CT molecular complexity index is 414. The highest BCUT2D eigenvalue weighted by atomic mass is 16.5. The normalized spacial score (nSPS) is 13.6. The third-order valence-corrected chi connectivity index (χ3v) is 2.90. The van der Waals surface area contributed by atoms with Crippen LogP contribution in [0.15, 0.2) is 24.3 Å². The first-order valence-electron chi connectivity index (χ1n) is 6.71. The van der Waals surface area contributed by atoms with Crippen LogP contribution in [0.5, 0.6) is 5.75 Å². The van der Waals surface area contributed by atoms with E-state index >= 15 is 0 Å². The van der Waals surface area contributed by atoms with Crippen LogP contribution in [0.4, 0.5) is 0 Å². The van der Waals surface area contributed by atoms with Crippen molar-refractivity contribution in [3.63, 3.8) is 0 Å². The molecule has 0 fully saturated rings. The van der Waals surface area contributed by atoms with E-state index in [-0.39, 0.29) is 12.5 Å². The highest BCUT2D eigenvalue weighted by Gasteiger charge is 2.21. The molecule has 1 unspecified atom stereocenters. The SMILES string of the molecule is CCOc1ccc(C(=O)NCC(C)(O)CCOC)cc1. The molecule has 1 amide bonds. The van der Waals surface area contributed by atoms with Crippen LogP contribution in [0, 0.1) is 0 Å². The van der Waals surface area contributed by atoms with Gasteiger partial charge >= 0.3 is 0 Å². The molecule has 5 nitrogen and oxygen atoms in total. The number of hydrogen-bond acceptors (Lipinski definition) is 4. The zero-order valence-corrected chi connectivity index (χ0v) is 12.3. The molecule has 0 aliphatic heterocycles. The minimum Gasteiger partial charge on any atom is -0.494 e. The van der Waals surface area contributed by atoms with Crippen molar-refractivity contribution >= 4 is 5.91 Å². The second-order valence-corrected chi connectivity index (χ2v) is 4.88. The molecule has 0 saturated heterocycles. The zero-order valence-electron chi connectivity index (χ0n) is 12.3. The number of hydrogen-bond donors (Lipinski definition) is 2. The lowest BCUT2D eigenvalue weighted by atomic mass is 10.0. The van der Waals surface area contributed by atoms with Gasteiger partial charge in [0.15, 0.2) is 0 Å². The van der Waals surface area contributed by atoms with Gasteiger partial charge in [0, 0.05) is 32.2 Å². The first kappa shape index (κ1) is 16.5. The lowest BCUT2D eigenvalue weighted by Crippen LogP contribution is -2.41. The van der Waals surface area contributed by atoms with Gasteiger partial charge in [0.2, 0.25) is 0 Å². The van der Waals surface area contributed by atoms with Gasteiger partial charge < -0.3 is 19.9 Å². The molecule has 0 aliphatic carbocycles. The molecule has 2 N–H and O–H groups in total. The van der Waals surface area contributed by atoms with Crippen LogP contribution in [0.2, 0.25) is 0 Å². The Kier molecular flexibility index (Phi) is 6.48. The van der Waals surface area contributed by atoms with Gasteiger partial charge in [-0.05, 0) is 38.1 Å². The fourth-order valence-corrected chi connectivity index (χ4v) is 1.65. The Morgan fingerprint density at radius 2 is 2.00 bits per heavy atom. The molecule has 0 heterocycles. The molecule has 0 bridgehead atoms. The molecule has 0 aliphatic rings. The second kappa shape index (κ2) is 7.87. The highest BCUT2D eigenvalue weighted by molar-refractivity contribution is 5.94. The van der Waals surface area contributed by atoms with Crippen LogP contribution in [-0.4, -0.2) is 43.5 Å². The number of methoxy groups -OCH3 is 1. The summed E-state index contributed by atoms with van der Waals surface area (Å²) in [6, 6.07) is 6.90.